The van der Waals surface area contributed by atoms with Crippen molar-refractivity contribution in [2.75, 3.05) is 39.8 Å². The lowest BCUT2D eigenvalue weighted by atomic mass is 9.42. The molecule has 5 fully saturated rings. The quantitative estimate of drug-likeness (QED) is 0.378. The maximum Gasteiger partial charge on any atom is 0.410 e. The van der Waals surface area contributed by atoms with Gasteiger partial charge < -0.3 is 34.2 Å². The molecule has 2 heterocycles. The largest absolute Gasteiger partial charge is 0.462 e. The zero-order valence-corrected chi connectivity index (χ0v) is 25.6. The van der Waals surface area contributed by atoms with Gasteiger partial charge in [0.15, 0.2) is 0 Å². The minimum absolute atomic E-state index is 0.0688. The number of carbonyl (C=O) groups excluding carboxylic acids is 3. The molecule has 2 N–H and O–H groups in total. The number of carbonyl (C=O) groups is 3. The summed E-state index contributed by atoms with van der Waals surface area (Å²) in [7, 11) is 2.07. The Hall–Kier alpha value is -2.17. The van der Waals surface area contributed by atoms with E-state index >= 15 is 0 Å². The van der Waals surface area contributed by atoms with Crippen LogP contribution in [0.15, 0.2) is 11.6 Å². The normalized spacial score (nSPS) is 45.6. The highest BCUT2D eigenvalue weighted by molar-refractivity contribution is 5.85. The average Bonchev–Trinajstić information content (AvgIpc) is 3.32. The molecule has 0 radical (unpaired) electrons. The summed E-state index contributed by atoms with van der Waals surface area (Å²) in [5.74, 6) is -1.12. The summed E-state index contributed by atoms with van der Waals surface area (Å²) in [4.78, 5) is 41.3. The zero-order chi connectivity index (χ0) is 30.1. The topological polar surface area (TPSA) is 126 Å². The molecule has 0 bridgehead atoms. The second-order valence-electron chi connectivity index (χ2n) is 14.6. The number of fused-ring (bicyclic) bond motifs is 5. The van der Waals surface area contributed by atoms with E-state index in [0.29, 0.717) is 58.0 Å². The van der Waals surface area contributed by atoms with Crippen LogP contribution < -0.4 is 0 Å². The highest BCUT2D eigenvalue weighted by Crippen LogP contribution is 2.71. The van der Waals surface area contributed by atoms with E-state index in [0.717, 1.165) is 31.5 Å². The van der Waals surface area contributed by atoms with Crippen LogP contribution in [-0.2, 0) is 23.8 Å². The van der Waals surface area contributed by atoms with Crippen LogP contribution in [0.4, 0.5) is 4.79 Å². The van der Waals surface area contributed by atoms with Gasteiger partial charge in [0.25, 0.3) is 0 Å². The average molecular weight is 589 g/mol. The predicted octanol–water partition coefficient (Wildman–Crippen LogP) is 3.04. The highest BCUT2D eigenvalue weighted by Gasteiger charge is 2.72. The summed E-state index contributed by atoms with van der Waals surface area (Å²) >= 11 is 0. The van der Waals surface area contributed by atoms with Crippen LogP contribution in [0.25, 0.3) is 0 Å². The molecule has 0 aromatic carbocycles. The molecule has 10 nitrogen and oxygen atoms in total. The van der Waals surface area contributed by atoms with Gasteiger partial charge in [-0.3, -0.25) is 4.79 Å². The first-order valence-electron chi connectivity index (χ1n) is 15.9. The first-order chi connectivity index (χ1) is 19.8. The van der Waals surface area contributed by atoms with Gasteiger partial charge in [0.2, 0.25) is 0 Å². The Bertz CT molecular complexity index is 1160. The molecule has 6 aliphatic rings. The Morgan fingerprint density at radius 1 is 0.952 bits per heavy atom. The molecule has 4 aliphatic carbocycles. The number of amides is 1. The number of likely N-dealkylation sites (N-methyl/N-ethyl adjacent to an activating group) is 1. The fourth-order valence-corrected chi connectivity index (χ4v) is 10.3. The van der Waals surface area contributed by atoms with Gasteiger partial charge in [-0.05, 0) is 81.4 Å². The van der Waals surface area contributed by atoms with Crippen molar-refractivity contribution in [3.8, 4) is 0 Å². The van der Waals surface area contributed by atoms with Crippen molar-refractivity contribution < 1.29 is 38.8 Å². The molecule has 234 valence electrons. The van der Waals surface area contributed by atoms with E-state index < -0.39 is 40.1 Å². The maximum absolute atomic E-state index is 13.1. The molecule has 10 heteroatoms. The summed E-state index contributed by atoms with van der Waals surface area (Å²) in [5, 5.41) is 24.9. The van der Waals surface area contributed by atoms with E-state index in [1.807, 2.05) is 0 Å². The van der Waals surface area contributed by atoms with Crippen LogP contribution in [0.1, 0.15) is 78.6 Å². The number of cyclic esters (lactones) is 1. The van der Waals surface area contributed by atoms with Gasteiger partial charge in [-0.2, -0.15) is 0 Å². The molecule has 4 saturated carbocycles. The van der Waals surface area contributed by atoms with E-state index in [1.165, 1.54) is 13.0 Å². The van der Waals surface area contributed by atoms with Gasteiger partial charge in [-0.25, -0.2) is 9.59 Å². The molecule has 0 aromatic heterocycles. The summed E-state index contributed by atoms with van der Waals surface area (Å²) in [6.07, 6.45) is 6.04. The standard InChI is InChI=1S/C32H48N2O8/c1-20(35)41-25-18-32(39)24-8-11-31(38)17-22(42-28(37)34-13-5-12-33(4)14-15-34)6-9-29(31,2)23(24)7-10-30(32,3)27(25)21-16-26(36)40-19-21/h16,22-25,27,38-39H,5-15,17-19H2,1-4H3/t22-,23-,24+,25-,27-,29+,30+,31-,32-/m0/s1. The Labute approximate surface area is 248 Å². The summed E-state index contributed by atoms with van der Waals surface area (Å²) in [6.45, 7) is 8.92. The van der Waals surface area contributed by atoms with Crippen molar-refractivity contribution in [3.63, 3.8) is 0 Å². The molecule has 0 spiro atoms. The number of aliphatic hydroxyl groups is 2. The fourth-order valence-electron chi connectivity index (χ4n) is 10.3. The van der Waals surface area contributed by atoms with Crippen molar-refractivity contribution in [2.24, 2.45) is 28.6 Å². The smallest absolute Gasteiger partial charge is 0.410 e. The number of hydrogen-bond acceptors (Lipinski definition) is 9. The summed E-state index contributed by atoms with van der Waals surface area (Å²) in [5.41, 5.74) is -2.38. The van der Waals surface area contributed by atoms with Gasteiger partial charge in [0.1, 0.15) is 18.8 Å². The lowest BCUT2D eigenvalue weighted by Gasteiger charge is -2.66. The lowest BCUT2D eigenvalue weighted by Crippen LogP contribution is -2.67. The minimum atomic E-state index is -1.12. The van der Waals surface area contributed by atoms with Crippen molar-refractivity contribution in [2.45, 2.75) is 102 Å². The molecule has 2 aliphatic heterocycles. The van der Waals surface area contributed by atoms with Gasteiger partial charge in [-0.1, -0.05) is 13.8 Å². The second kappa shape index (κ2) is 10.5. The maximum atomic E-state index is 13.1. The van der Waals surface area contributed by atoms with E-state index in [1.54, 1.807) is 4.90 Å². The summed E-state index contributed by atoms with van der Waals surface area (Å²) < 4.78 is 17.1. The predicted molar refractivity (Wildman–Crippen MR) is 152 cm³/mol. The molecular formula is C32H48N2O8. The zero-order valence-electron chi connectivity index (χ0n) is 25.6. The van der Waals surface area contributed by atoms with Crippen LogP contribution in [-0.4, -0.2) is 101 Å². The lowest BCUT2D eigenvalue weighted by molar-refractivity contribution is -0.255. The third-order valence-electron chi connectivity index (χ3n) is 12.6. The van der Waals surface area contributed by atoms with Gasteiger partial charge in [-0.15, -0.1) is 0 Å². The first kappa shape index (κ1) is 29.9. The molecule has 6 rings (SSSR count). The van der Waals surface area contributed by atoms with E-state index in [4.69, 9.17) is 14.2 Å². The molecule has 1 saturated heterocycles. The first-order valence-corrected chi connectivity index (χ1v) is 15.9. The van der Waals surface area contributed by atoms with Gasteiger partial charge in [0.05, 0.1) is 11.2 Å². The van der Waals surface area contributed by atoms with Crippen LogP contribution in [0.2, 0.25) is 0 Å². The third kappa shape index (κ3) is 4.58. The molecular weight excluding hydrogens is 540 g/mol. The monoisotopic (exact) mass is 588 g/mol. The van der Waals surface area contributed by atoms with E-state index in [2.05, 4.69) is 25.8 Å². The molecule has 9 atom stereocenters. The Morgan fingerprint density at radius 2 is 1.69 bits per heavy atom. The van der Waals surface area contributed by atoms with Crippen LogP contribution in [0, 0.1) is 28.6 Å². The van der Waals surface area contributed by atoms with Gasteiger partial charge in [0, 0.05) is 56.8 Å². The Balaban J connectivity index is 1.21. The SMILES string of the molecule is CC(=O)O[C@H]1C[C@]2(O)[C@@H]3CC[C@]4(O)C[C@@H](OC(=O)N5CCCN(C)CC5)CC[C@]4(C)[C@H]3CC[C@]2(C)[C@H]1C1=CC(=O)OC1. The number of esters is 2. The van der Waals surface area contributed by atoms with Crippen molar-refractivity contribution in [1.29, 1.82) is 0 Å². The molecule has 42 heavy (non-hydrogen) atoms. The van der Waals surface area contributed by atoms with Crippen molar-refractivity contribution in [1.82, 2.24) is 9.80 Å². The van der Waals surface area contributed by atoms with E-state index in [9.17, 15) is 24.6 Å². The van der Waals surface area contributed by atoms with Crippen LogP contribution in [0.5, 0.6) is 0 Å². The van der Waals surface area contributed by atoms with Crippen molar-refractivity contribution >= 4 is 18.0 Å². The number of ether oxygens (including phenoxy) is 3. The van der Waals surface area contributed by atoms with Crippen LogP contribution >= 0.6 is 0 Å². The summed E-state index contributed by atoms with van der Waals surface area (Å²) in [6, 6.07) is 0. The van der Waals surface area contributed by atoms with E-state index in [-0.39, 0.29) is 36.6 Å². The van der Waals surface area contributed by atoms with Gasteiger partial charge >= 0.3 is 18.0 Å². The number of hydrogen-bond donors (Lipinski definition) is 2. The highest BCUT2D eigenvalue weighted by atomic mass is 16.6. The third-order valence-corrected chi connectivity index (χ3v) is 12.6. The second-order valence-corrected chi connectivity index (χ2v) is 14.6. The Morgan fingerprint density at radius 3 is 2.40 bits per heavy atom. The number of nitrogens with zero attached hydrogens (tertiary/aromatic N) is 2. The van der Waals surface area contributed by atoms with Crippen molar-refractivity contribution in [3.05, 3.63) is 11.6 Å². The molecule has 1 amide bonds. The fraction of sp³-hybridized carbons (Fsp3) is 0.844. The minimum Gasteiger partial charge on any atom is -0.462 e. The Kier molecular flexibility index (Phi) is 7.45. The molecule has 0 aromatic rings. The molecule has 0 unspecified atom stereocenters. The van der Waals surface area contributed by atoms with Crippen LogP contribution in [0.3, 0.4) is 0 Å². The number of rotatable bonds is 3.